The Morgan fingerprint density at radius 1 is 1.39 bits per heavy atom. The van der Waals surface area contributed by atoms with E-state index in [1.54, 1.807) is 0 Å². The van der Waals surface area contributed by atoms with Gasteiger partial charge in [0.1, 0.15) is 0 Å². The Balaban J connectivity index is 2.21. The van der Waals surface area contributed by atoms with Crippen molar-refractivity contribution in [1.29, 1.82) is 0 Å². The molecule has 1 aromatic carbocycles. The molecule has 1 atom stereocenters. The molecule has 0 N–H and O–H groups in total. The molecular weight excluding hydrogens is 307 g/mol. The Kier molecular flexibility index (Phi) is 4.02. The number of rotatable bonds is 2. The maximum atomic E-state index is 12.7. The molecule has 0 radical (unpaired) electrons. The summed E-state index contributed by atoms with van der Waals surface area (Å²) in [7, 11) is 0. The molecular formula is C13H15BrF3N. The van der Waals surface area contributed by atoms with Gasteiger partial charge in [-0.3, -0.25) is 4.90 Å². The van der Waals surface area contributed by atoms with Crippen LogP contribution in [0.1, 0.15) is 30.9 Å². The van der Waals surface area contributed by atoms with Crippen LogP contribution in [-0.4, -0.2) is 17.5 Å². The predicted octanol–water partition coefficient (Wildman–Crippen LogP) is 4.45. The third-order valence-electron chi connectivity index (χ3n) is 3.44. The van der Waals surface area contributed by atoms with E-state index in [0.29, 0.717) is 18.2 Å². The molecule has 1 heterocycles. The zero-order valence-corrected chi connectivity index (χ0v) is 11.7. The van der Waals surface area contributed by atoms with Crippen molar-refractivity contribution in [1.82, 2.24) is 4.90 Å². The SMILES string of the molecule is CC1CCCN1Cc1cc(C(F)(F)F)ccc1Br. The van der Waals surface area contributed by atoms with Gasteiger partial charge in [0, 0.05) is 17.1 Å². The van der Waals surface area contributed by atoms with E-state index in [-0.39, 0.29) is 0 Å². The summed E-state index contributed by atoms with van der Waals surface area (Å²) in [5, 5.41) is 0. The van der Waals surface area contributed by atoms with Gasteiger partial charge in [0.05, 0.1) is 5.56 Å². The maximum absolute atomic E-state index is 12.7. The highest BCUT2D eigenvalue weighted by Crippen LogP contribution is 2.33. The van der Waals surface area contributed by atoms with Crippen LogP contribution in [0.15, 0.2) is 22.7 Å². The number of benzene rings is 1. The van der Waals surface area contributed by atoms with Gasteiger partial charge in [-0.1, -0.05) is 15.9 Å². The van der Waals surface area contributed by atoms with Crippen molar-refractivity contribution >= 4 is 15.9 Å². The third-order valence-corrected chi connectivity index (χ3v) is 4.21. The van der Waals surface area contributed by atoms with E-state index in [4.69, 9.17) is 0 Å². The fraction of sp³-hybridized carbons (Fsp3) is 0.538. The summed E-state index contributed by atoms with van der Waals surface area (Å²) in [4.78, 5) is 2.22. The van der Waals surface area contributed by atoms with Gasteiger partial charge in [-0.25, -0.2) is 0 Å². The molecule has 0 amide bonds. The van der Waals surface area contributed by atoms with Crippen molar-refractivity contribution in [3.63, 3.8) is 0 Å². The van der Waals surface area contributed by atoms with Crippen molar-refractivity contribution in [2.75, 3.05) is 6.54 Å². The molecule has 5 heteroatoms. The smallest absolute Gasteiger partial charge is 0.296 e. The normalized spacial score (nSPS) is 21.5. The van der Waals surface area contributed by atoms with Crippen LogP contribution < -0.4 is 0 Å². The predicted molar refractivity (Wildman–Crippen MR) is 68.3 cm³/mol. The molecule has 1 unspecified atom stereocenters. The summed E-state index contributed by atoms with van der Waals surface area (Å²) in [5.41, 5.74) is 0.131. The monoisotopic (exact) mass is 321 g/mol. The second kappa shape index (κ2) is 5.21. The van der Waals surface area contributed by atoms with Crippen LogP contribution in [0, 0.1) is 0 Å². The van der Waals surface area contributed by atoms with Crippen molar-refractivity contribution < 1.29 is 13.2 Å². The number of hydrogen-bond acceptors (Lipinski definition) is 1. The Labute approximate surface area is 113 Å². The van der Waals surface area contributed by atoms with Gasteiger partial charge in [-0.15, -0.1) is 0 Å². The van der Waals surface area contributed by atoms with E-state index in [9.17, 15) is 13.2 Å². The topological polar surface area (TPSA) is 3.24 Å². The lowest BCUT2D eigenvalue weighted by Crippen LogP contribution is -2.26. The molecule has 0 aromatic heterocycles. The van der Waals surface area contributed by atoms with Gasteiger partial charge in [0.2, 0.25) is 0 Å². The molecule has 1 nitrogen and oxygen atoms in total. The van der Waals surface area contributed by atoms with Crippen LogP contribution in [0.5, 0.6) is 0 Å². The number of nitrogens with zero attached hydrogens (tertiary/aromatic N) is 1. The highest BCUT2D eigenvalue weighted by molar-refractivity contribution is 9.10. The zero-order valence-electron chi connectivity index (χ0n) is 10.1. The Bertz CT molecular complexity index is 431. The number of likely N-dealkylation sites (tertiary alicyclic amines) is 1. The first kappa shape index (κ1) is 13.9. The first-order valence-electron chi connectivity index (χ1n) is 5.97. The zero-order chi connectivity index (χ0) is 13.3. The molecule has 18 heavy (non-hydrogen) atoms. The molecule has 100 valence electrons. The lowest BCUT2D eigenvalue weighted by molar-refractivity contribution is -0.137. The van der Waals surface area contributed by atoms with Crippen LogP contribution in [0.2, 0.25) is 0 Å². The van der Waals surface area contributed by atoms with Crippen LogP contribution >= 0.6 is 15.9 Å². The summed E-state index contributed by atoms with van der Waals surface area (Å²) in [6, 6.07) is 4.29. The summed E-state index contributed by atoms with van der Waals surface area (Å²) in [6.07, 6.45) is -2.03. The number of alkyl halides is 3. The van der Waals surface area contributed by atoms with Gasteiger partial charge in [0.15, 0.2) is 0 Å². The Hall–Kier alpha value is -0.550. The van der Waals surface area contributed by atoms with E-state index in [0.717, 1.165) is 29.9 Å². The second-order valence-electron chi connectivity index (χ2n) is 4.77. The lowest BCUT2D eigenvalue weighted by atomic mass is 10.1. The van der Waals surface area contributed by atoms with E-state index in [1.165, 1.54) is 12.1 Å². The third kappa shape index (κ3) is 3.06. The second-order valence-corrected chi connectivity index (χ2v) is 5.62. The van der Waals surface area contributed by atoms with Crippen LogP contribution in [0.25, 0.3) is 0 Å². The molecule has 1 aliphatic heterocycles. The number of hydrogen-bond donors (Lipinski definition) is 0. The van der Waals surface area contributed by atoms with Crippen molar-refractivity contribution in [2.24, 2.45) is 0 Å². The van der Waals surface area contributed by atoms with E-state index in [1.807, 2.05) is 0 Å². The van der Waals surface area contributed by atoms with Crippen molar-refractivity contribution in [3.05, 3.63) is 33.8 Å². The first-order chi connectivity index (χ1) is 8.38. The van der Waals surface area contributed by atoms with Gasteiger partial charge in [-0.05, 0) is 50.1 Å². The quantitative estimate of drug-likeness (QED) is 0.777. The summed E-state index contributed by atoms with van der Waals surface area (Å²) in [6.45, 7) is 3.66. The minimum absolute atomic E-state index is 0.450. The Morgan fingerprint density at radius 3 is 2.67 bits per heavy atom. The van der Waals surface area contributed by atoms with Crippen LogP contribution in [-0.2, 0) is 12.7 Å². The van der Waals surface area contributed by atoms with E-state index < -0.39 is 11.7 Å². The average molecular weight is 322 g/mol. The summed E-state index contributed by atoms with van der Waals surface area (Å²) >= 11 is 3.33. The molecule has 0 saturated carbocycles. The standard InChI is InChI=1S/C13H15BrF3N/c1-9-3-2-6-18(9)8-10-7-11(13(15,16)17)4-5-12(10)14/h4-5,7,9H,2-3,6,8H2,1H3. The van der Waals surface area contributed by atoms with Gasteiger partial charge < -0.3 is 0 Å². The summed E-state index contributed by atoms with van der Waals surface area (Å²) < 4.78 is 38.7. The average Bonchev–Trinajstić information content (AvgIpc) is 2.66. The molecule has 1 fully saturated rings. The Morgan fingerprint density at radius 2 is 2.11 bits per heavy atom. The highest BCUT2D eigenvalue weighted by atomic mass is 79.9. The van der Waals surface area contributed by atoms with Gasteiger partial charge in [-0.2, -0.15) is 13.2 Å². The van der Waals surface area contributed by atoms with Gasteiger partial charge >= 0.3 is 6.18 Å². The van der Waals surface area contributed by atoms with Crippen molar-refractivity contribution in [3.8, 4) is 0 Å². The van der Waals surface area contributed by atoms with Gasteiger partial charge in [0.25, 0.3) is 0 Å². The summed E-state index contributed by atoms with van der Waals surface area (Å²) in [5.74, 6) is 0. The molecule has 0 bridgehead atoms. The first-order valence-corrected chi connectivity index (χ1v) is 6.77. The van der Waals surface area contributed by atoms with Crippen molar-refractivity contribution in [2.45, 2.75) is 38.5 Å². The highest BCUT2D eigenvalue weighted by Gasteiger charge is 2.31. The van der Waals surface area contributed by atoms with E-state index in [2.05, 4.69) is 27.8 Å². The minimum atomic E-state index is -4.27. The fourth-order valence-electron chi connectivity index (χ4n) is 2.32. The van der Waals surface area contributed by atoms with Crippen LogP contribution in [0.3, 0.4) is 0 Å². The molecule has 1 aromatic rings. The maximum Gasteiger partial charge on any atom is 0.416 e. The molecule has 0 spiro atoms. The molecule has 1 saturated heterocycles. The molecule has 1 aliphatic rings. The molecule has 2 rings (SSSR count). The lowest BCUT2D eigenvalue weighted by Gasteiger charge is -2.22. The number of halogens is 4. The van der Waals surface area contributed by atoms with E-state index >= 15 is 0 Å². The van der Waals surface area contributed by atoms with Crippen LogP contribution in [0.4, 0.5) is 13.2 Å². The largest absolute Gasteiger partial charge is 0.416 e. The minimum Gasteiger partial charge on any atom is -0.296 e. The molecule has 0 aliphatic carbocycles. The fourth-order valence-corrected chi connectivity index (χ4v) is 2.69.